The molecule has 1 aliphatic carbocycles. The van der Waals surface area contributed by atoms with Crippen LogP contribution in [0, 0.1) is 0 Å². The standard InChI is InChI=1S/C25H31F3N2O9/c1-3-13-7-9-14(10-8-13)11-16-20(24(26,27)28)30(15-5-4-6-15)29-22(16)39-25(35)21(33)19(32)18(31)17(38-25)12-37-23(34)36-2/h7-10,15,17-19,21,31-33,35H,3-6,11-12H2,1-2H3/t17-,18-,19+,21-,25-/m1/s1. The van der Waals surface area contributed by atoms with Crippen LogP contribution in [0.5, 0.6) is 5.88 Å². The monoisotopic (exact) mass is 560 g/mol. The predicted molar refractivity (Wildman–Crippen MR) is 126 cm³/mol. The number of carbonyl (C=O) groups is 1. The number of alkyl halides is 3. The summed E-state index contributed by atoms with van der Waals surface area (Å²) in [7, 11) is 1.02. The number of aryl methyl sites for hydroxylation is 1. The van der Waals surface area contributed by atoms with Gasteiger partial charge in [-0.05, 0) is 36.8 Å². The van der Waals surface area contributed by atoms with Gasteiger partial charge in [-0.15, -0.1) is 5.10 Å². The zero-order chi connectivity index (χ0) is 28.5. The normalized spacial score (nSPS) is 27.6. The molecule has 0 spiro atoms. The summed E-state index contributed by atoms with van der Waals surface area (Å²) < 4.78 is 63.7. The number of aromatic nitrogens is 2. The first-order valence-corrected chi connectivity index (χ1v) is 12.5. The van der Waals surface area contributed by atoms with E-state index in [-0.39, 0.29) is 6.42 Å². The number of methoxy groups -OCH3 is 1. The highest BCUT2D eigenvalue weighted by atomic mass is 19.4. The van der Waals surface area contributed by atoms with Crippen LogP contribution >= 0.6 is 0 Å². The minimum absolute atomic E-state index is 0.285. The molecule has 1 saturated carbocycles. The van der Waals surface area contributed by atoms with E-state index in [0.29, 0.717) is 24.8 Å². The summed E-state index contributed by atoms with van der Waals surface area (Å²) >= 11 is 0. The molecule has 39 heavy (non-hydrogen) atoms. The van der Waals surface area contributed by atoms with Gasteiger partial charge in [0.1, 0.15) is 30.6 Å². The molecule has 1 saturated heterocycles. The summed E-state index contributed by atoms with van der Waals surface area (Å²) in [5.41, 5.74) is 0.0116. The second-order valence-corrected chi connectivity index (χ2v) is 9.59. The molecule has 1 aromatic carbocycles. The summed E-state index contributed by atoms with van der Waals surface area (Å²) in [5.74, 6) is -3.84. The Morgan fingerprint density at radius 2 is 1.79 bits per heavy atom. The van der Waals surface area contributed by atoms with Crippen LogP contribution in [0.4, 0.5) is 18.0 Å². The van der Waals surface area contributed by atoms with Gasteiger partial charge in [0, 0.05) is 6.42 Å². The van der Waals surface area contributed by atoms with Crippen molar-refractivity contribution in [3.05, 3.63) is 46.6 Å². The van der Waals surface area contributed by atoms with Gasteiger partial charge in [0.05, 0.1) is 18.7 Å². The first kappa shape index (κ1) is 29.1. The molecular weight excluding hydrogens is 529 g/mol. The molecule has 4 N–H and O–H groups in total. The predicted octanol–water partition coefficient (Wildman–Crippen LogP) is 2.07. The number of halogens is 3. The Labute approximate surface area is 221 Å². The van der Waals surface area contributed by atoms with E-state index in [1.54, 1.807) is 24.3 Å². The molecular formula is C25H31F3N2O9. The quantitative estimate of drug-likeness (QED) is 0.279. The molecule has 0 amide bonds. The Bertz CT molecular complexity index is 1150. The molecule has 1 aliphatic heterocycles. The van der Waals surface area contributed by atoms with Gasteiger partial charge >= 0.3 is 18.3 Å². The molecule has 11 nitrogen and oxygen atoms in total. The number of rotatable bonds is 8. The number of benzene rings is 1. The molecule has 1 aromatic heterocycles. The van der Waals surface area contributed by atoms with Crippen molar-refractivity contribution < 1.29 is 57.3 Å². The second-order valence-electron chi connectivity index (χ2n) is 9.59. The number of nitrogens with zero attached hydrogens (tertiary/aromatic N) is 2. The summed E-state index contributed by atoms with van der Waals surface area (Å²) in [6.07, 6.45) is -11.9. The fourth-order valence-electron chi connectivity index (χ4n) is 4.53. The number of aliphatic hydroxyl groups excluding tert-OH is 3. The fraction of sp³-hybridized carbons (Fsp3) is 0.600. The summed E-state index contributed by atoms with van der Waals surface area (Å²) in [5, 5.41) is 46.2. The number of hydrogen-bond acceptors (Lipinski definition) is 10. The van der Waals surface area contributed by atoms with Gasteiger partial charge in [0.25, 0.3) is 0 Å². The molecule has 2 heterocycles. The average molecular weight is 561 g/mol. The van der Waals surface area contributed by atoms with E-state index >= 15 is 0 Å². The Morgan fingerprint density at radius 3 is 2.33 bits per heavy atom. The maximum Gasteiger partial charge on any atom is 0.508 e. The van der Waals surface area contributed by atoms with Crippen molar-refractivity contribution in [2.75, 3.05) is 13.7 Å². The van der Waals surface area contributed by atoms with Gasteiger partial charge in [-0.25, -0.2) is 4.79 Å². The Kier molecular flexibility index (Phi) is 8.42. The molecule has 4 rings (SSSR count). The third-order valence-corrected chi connectivity index (χ3v) is 7.00. The van der Waals surface area contributed by atoms with Crippen molar-refractivity contribution in [1.29, 1.82) is 0 Å². The van der Waals surface area contributed by atoms with Gasteiger partial charge in [-0.2, -0.15) is 13.2 Å². The summed E-state index contributed by atoms with van der Waals surface area (Å²) in [4.78, 5) is 11.3. The lowest BCUT2D eigenvalue weighted by Crippen LogP contribution is -2.67. The molecule has 5 atom stereocenters. The smallest absolute Gasteiger partial charge is 0.438 e. The minimum atomic E-state index is -4.84. The van der Waals surface area contributed by atoms with E-state index in [2.05, 4.69) is 9.84 Å². The molecule has 2 aliphatic rings. The number of ether oxygens (including phenoxy) is 4. The second kappa shape index (κ2) is 11.3. The van der Waals surface area contributed by atoms with Crippen LogP contribution in [-0.2, 0) is 33.2 Å². The number of aliphatic hydroxyl groups is 4. The Balaban J connectivity index is 1.73. The van der Waals surface area contributed by atoms with Crippen LogP contribution in [0.2, 0.25) is 0 Å². The molecule has 14 heteroatoms. The molecule has 2 aromatic rings. The number of carbonyl (C=O) groups excluding carboxylic acids is 1. The molecule has 2 fully saturated rings. The highest BCUT2D eigenvalue weighted by Crippen LogP contribution is 2.44. The topological polar surface area (TPSA) is 153 Å². The van der Waals surface area contributed by atoms with Crippen molar-refractivity contribution in [1.82, 2.24) is 9.78 Å². The first-order chi connectivity index (χ1) is 18.4. The molecule has 0 radical (unpaired) electrons. The maximum absolute atomic E-state index is 14.4. The third kappa shape index (κ3) is 5.99. The van der Waals surface area contributed by atoms with Gasteiger partial charge in [0.2, 0.25) is 5.88 Å². The van der Waals surface area contributed by atoms with Gasteiger partial charge in [-0.1, -0.05) is 31.2 Å². The lowest BCUT2D eigenvalue weighted by molar-refractivity contribution is -0.423. The zero-order valence-corrected chi connectivity index (χ0v) is 21.3. The maximum atomic E-state index is 14.4. The van der Waals surface area contributed by atoms with E-state index in [1.807, 2.05) is 6.92 Å². The van der Waals surface area contributed by atoms with E-state index in [0.717, 1.165) is 23.8 Å². The summed E-state index contributed by atoms with van der Waals surface area (Å²) in [6.45, 7) is 1.20. The van der Waals surface area contributed by atoms with Gasteiger partial charge in [0.15, 0.2) is 6.10 Å². The minimum Gasteiger partial charge on any atom is -0.438 e. The van der Waals surface area contributed by atoms with Gasteiger partial charge in [-0.3, -0.25) is 4.68 Å². The highest BCUT2D eigenvalue weighted by Gasteiger charge is 2.56. The SMILES string of the molecule is CCc1ccc(Cc2c(O[C@]3(O)O[C@H](COC(=O)OC)[C@@H](O)[C@H](O)[C@H]3O)nn(C3CCC3)c2C(F)(F)F)cc1. The van der Waals surface area contributed by atoms with Crippen LogP contribution in [0.3, 0.4) is 0 Å². The van der Waals surface area contributed by atoms with Crippen LogP contribution in [0.15, 0.2) is 24.3 Å². The highest BCUT2D eigenvalue weighted by molar-refractivity contribution is 5.59. The Morgan fingerprint density at radius 1 is 1.15 bits per heavy atom. The van der Waals surface area contributed by atoms with Crippen LogP contribution < -0.4 is 4.74 Å². The van der Waals surface area contributed by atoms with E-state index in [1.165, 1.54) is 0 Å². The van der Waals surface area contributed by atoms with E-state index < -0.39 is 72.5 Å². The Hall–Kier alpha value is -2.91. The third-order valence-electron chi connectivity index (χ3n) is 7.00. The molecule has 0 bridgehead atoms. The number of hydrogen-bond donors (Lipinski definition) is 4. The lowest BCUT2D eigenvalue weighted by Gasteiger charge is -2.44. The van der Waals surface area contributed by atoms with Crippen molar-refractivity contribution in [2.45, 2.75) is 81.6 Å². The zero-order valence-electron chi connectivity index (χ0n) is 21.3. The van der Waals surface area contributed by atoms with Crippen molar-refractivity contribution in [3.63, 3.8) is 0 Å². The van der Waals surface area contributed by atoms with Crippen LogP contribution in [0.1, 0.15) is 54.6 Å². The van der Waals surface area contributed by atoms with Gasteiger partial charge < -0.3 is 39.4 Å². The van der Waals surface area contributed by atoms with E-state index in [4.69, 9.17) is 14.2 Å². The van der Waals surface area contributed by atoms with Crippen LogP contribution in [-0.4, -0.2) is 80.5 Å². The van der Waals surface area contributed by atoms with Crippen molar-refractivity contribution >= 4 is 6.16 Å². The summed E-state index contributed by atoms with van der Waals surface area (Å²) in [6, 6.07) is 6.35. The van der Waals surface area contributed by atoms with E-state index in [9.17, 15) is 38.4 Å². The van der Waals surface area contributed by atoms with Crippen molar-refractivity contribution in [3.8, 4) is 5.88 Å². The fourth-order valence-corrected chi connectivity index (χ4v) is 4.53. The largest absolute Gasteiger partial charge is 0.508 e. The molecule has 216 valence electrons. The molecule has 0 unspecified atom stereocenters. The van der Waals surface area contributed by atoms with Crippen molar-refractivity contribution in [2.24, 2.45) is 0 Å². The lowest BCUT2D eigenvalue weighted by atomic mass is 9.93. The first-order valence-electron chi connectivity index (χ1n) is 12.5. The average Bonchev–Trinajstić information content (AvgIpc) is 3.20. The van der Waals surface area contributed by atoms with Crippen LogP contribution in [0.25, 0.3) is 0 Å².